The average Bonchev–Trinajstić information content (AvgIpc) is 3.52. The van der Waals surface area contributed by atoms with Gasteiger partial charge in [0.15, 0.2) is 5.82 Å². The molecule has 0 spiro atoms. The normalized spacial score (nSPS) is 16.4. The van der Waals surface area contributed by atoms with Gasteiger partial charge in [0.1, 0.15) is 11.3 Å². The van der Waals surface area contributed by atoms with Gasteiger partial charge in [0.2, 0.25) is 11.8 Å². The van der Waals surface area contributed by atoms with Crippen molar-refractivity contribution in [1.82, 2.24) is 25.1 Å². The number of nitrogens with zero attached hydrogens (tertiary/aromatic N) is 6. The Hall–Kier alpha value is -3.53. The van der Waals surface area contributed by atoms with Gasteiger partial charge in [0.05, 0.1) is 12.2 Å². The number of anilines is 1. The minimum absolute atomic E-state index is 0.0194. The number of amides is 2. The van der Waals surface area contributed by atoms with Gasteiger partial charge in [0.25, 0.3) is 5.89 Å². The fourth-order valence-electron chi connectivity index (χ4n) is 4.89. The van der Waals surface area contributed by atoms with Crippen LogP contribution in [0, 0.1) is 13.8 Å². The lowest BCUT2D eigenvalue weighted by Crippen LogP contribution is -2.36. The maximum Gasteiger partial charge on any atom is 0.263 e. The Morgan fingerprint density at radius 2 is 1.77 bits per heavy atom. The molecular weight excluding hydrogens is 448 g/mol. The zero-order valence-corrected chi connectivity index (χ0v) is 20.2. The highest BCUT2D eigenvalue weighted by molar-refractivity contribution is 5.97. The van der Waals surface area contributed by atoms with E-state index in [4.69, 9.17) is 9.05 Å². The lowest BCUT2D eigenvalue weighted by atomic mass is 10.2. The monoisotopic (exact) mass is 478 g/mol. The van der Waals surface area contributed by atoms with Crippen molar-refractivity contribution in [1.29, 1.82) is 0 Å². The second-order valence-electron chi connectivity index (χ2n) is 9.15. The zero-order valence-electron chi connectivity index (χ0n) is 20.2. The van der Waals surface area contributed by atoms with Crippen molar-refractivity contribution in [3.05, 3.63) is 47.1 Å². The molecule has 0 atom stereocenters. The molecule has 0 aliphatic carbocycles. The highest BCUT2D eigenvalue weighted by Gasteiger charge is 2.26. The van der Waals surface area contributed by atoms with Crippen LogP contribution in [0.3, 0.4) is 0 Å². The van der Waals surface area contributed by atoms with Crippen molar-refractivity contribution in [2.24, 2.45) is 0 Å². The quantitative estimate of drug-likeness (QED) is 0.532. The van der Waals surface area contributed by atoms with E-state index >= 15 is 0 Å². The molecule has 1 saturated heterocycles. The van der Waals surface area contributed by atoms with E-state index in [9.17, 15) is 9.59 Å². The van der Waals surface area contributed by atoms with E-state index in [1.165, 1.54) is 5.56 Å². The van der Waals surface area contributed by atoms with E-state index in [0.717, 1.165) is 30.6 Å². The molecule has 0 radical (unpaired) electrons. The predicted octanol–water partition coefficient (Wildman–Crippen LogP) is 2.75. The number of rotatable bonds is 6. The van der Waals surface area contributed by atoms with Gasteiger partial charge in [-0.2, -0.15) is 4.98 Å². The molecule has 0 bridgehead atoms. The number of carbonyl (C=O) groups is 2. The molecule has 0 N–H and O–H groups in total. The second-order valence-corrected chi connectivity index (χ2v) is 9.15. The number of benzene rings is 1. The molecule has 3 aromatic rings. The molecule has 4 heterocycles. The Balaban J connectivity index is 1.11. The number of carbonyl (C=O) groups excluding carboxylic acids is 2. The van der Waals surface area contributed by atoms with Crippen molar-refractivity contribution >= 4 is 17.5 Å². The Morgan fingerprint density at radius 3 is 2.60 bits per heavy atom. The molecule has 5 rings (SSSR count). The molecule has 2 aliphatic rings. The molecular formula is C25H30N6O4. The molecule has 2 aliphatic heterocycles. The Kier molecular flexibility index (Phi) is 6.63. The third-order valence-electron chi connectivity index (χ3n) is 6.76. The van der Waals surface area contributed by atoms with Gasteiger partial charge < -0.3 is 18.8 Å². The Labute approximate surface area is 203 Å². The molecule has 0 unspecified atom stereocenters. The first-order valence-corrected chi connectivity index (χ1v) is 12.1. The van der Waals surface area contributed by atoms with Crippen LogP contribution in [-0.2, 0) is 22.6 Å². The van der Waals surface area contributed by atoms with Gasteiger partial charge in [-0.25, -0.2) is 0 Å². The van der Waals surface area contributed by atoms with Crippen LogP contribution in [-0.4, -0.2) is 69.6 Å². The summed E-state index contributed by atoms with van der Waals surface area (Å²) in [6, 6.07) is 7.98. The van der Waals surface area contributed by atoms with Crippen molar-refractivity contribution in [3.8, 4) is 11.5 Å². The summed E-state index contributed by atoms with van der Waals surface area (Å²) in [6.45, 7) is 7.75. The van der Waals surface area contributed by atoms with Gasteiger partial charge in [0, 0.05) is 51.3 Å². The maximum atomic E-state index is 12.9. The lowest BCUT2D eigenvalue weighted by molar-refractivity contribution is -0.133. The lowest BCUT2D eigenvalue weighted by Gasteiger charge is -2.22. The molecule has 10 nitrogen and oxygen atoms in total. The van der Waals surface area contributed by atoms with Crippen LogP contribution in [0.25, 0.3) is 11.5 Å². The zero-order chi connectivity index (χ0) is 24.4. The van der Waals surface area contributed by atoms with Crippen molar-refractivity contribution < 1.29 is 18.6 Å². The largest absolute Gasteiger partial charge is 0.361 e. The summed E-state index contributed by atoms with van der Waals surface area (Å²) < 4.78 is 10.6. The first-order valence-electron chi connectivity index (χ1n) is 12.1. The van der Waals surface area contributed by atoms with Crippen LogP contribution < -0.4 is 4.90 Å². The standard InChI is InChI=1S/C25H30N6O4/c1-17-24(18(2)34-27-17)25-26-21(28-35-25)16-29-11-5-12-30(15-14-29)22(32)8-9-23(33)31-13-10-19-6-3-4-7-20(19)31/h3-4,6-7H,5,8-16H2,1-2H3. The van der Waals surface area contributed by atoms with Crippen LogP contribution in [0.2, 0.25) is 0 Å². The highest BCUT2D eigenvalue weighted by Crippen LogP contribution is 2.28. The number of hydrogen-bond donors (Lipinski definition) is 0. The van der Waals surface area contributed by atoms with E-state index < -0.39 is 0 Å². The number of para-hydroxylation sites is 1. The second kappa shape index (κ2) is 9.99. The summed E-state index contributed by atoms with van der Waals surface area (Å²) in [5, 5.41) is 8.05. The number of fused-ring (bicyclic) bond motifs is 1. The van der Waals surface area contributed by atoms with Gasteiger partial charge >= 0.3 is 0 Å². The minimum atomic E-state index is 0.0194. The van der Waals surface area contributed by atoms with Crippen molar-refractivity contribution in [2.75, 3.05) is 37.6 Å². The molecule has 2 aromatic heterocycles. The molecule has 0 saturated carbocycles. The minimum Gasteiger partial charge on any atom is -0.361 e. The van der Waals surface area contributed by atoms with Crippen LogP contribution in [0.1, 0.15) is 42.1 Å². The summed E-state index contributed by atoms with van der Waals surface area (Å²) in [7, 11) is 0. The molecule has 2 amide bonds. The van der Waals surface area contributed by atoms with Gasteiger partial charge in [-0.05, 0) is 38.3 Å². The number of aryl methyl sites for hydroxylation is 2. The van der Waals surface area contributed by atoms with Crippen LogP contribution >= 0.6 is 0 Å². The summed E-state index contributed by atoms with van der Waals surface area (Å²) in [4.78, 5) is 36.0. The smallest absolute Gasteiger partial charge is 0.263 e. The fraction of sp³-hybridized carbons (Fsp3) is 0.480. The molecule has 1 aromatic carbocycles. The van der Waals surface area contributed by atoms with E-state index in [2.05, 4.69) is 26.3 Å². The third-order valence-corrected chi connectivity index (χ3v) is 6.76. The van der Waals surface area contributed by atoms with E-state index in [1.807, 2.05) is 41.8 Å². The first kappa shape index (κ1) is 23.2. The summed E-state index contributed by atoms with van der Waals surface area (Å²) in [5.41, 5.74) is 3.63. The third kappa shape index (κ3) is 4.97. The van der Waals surface area contributed by atoms with E-state index in [0.29, 0.717) is 55.9 Å². The summed E-state index contributed by atoms with van der Waals surface area (Å²) in [5.74, 6) is 1.71. The van der Waals surface area contributed by atoms with Crippen LogP contribution in [0.5, 0.6) is 0 Å². The van der Waals surface area contributed by atoms with Crippen molar-refractivity contribution in [3.63, 3.8) is 0 Å². The van der Waals surface area contributed by atoms with Gasteiger partial charge in [-0.15, -0.1) is 0 Å². The maximum absolute atomic E-state index is 12.9. The number of aromatic nitrogens is 3. The van der Waals surface area contributed by atoms with E-state index in [1.54, 1.807) is 0 Å². The Bertz CT molecular complexity index is 1200. The summed E-state index contributed by atoms with van der Waals surface area (Å²) in [6.07, 6.45) is 2.20. The van der Waals surface area contributed by atoms with E-state index in [-0.39, 0.29) is 24.7 Å². The van der Waals surface area contributed by atoms with Crippen molar-refractivity contribution in [2.45, 2.75) is 46.1 Å². The molecule has 1 fully saturated rings. The SMILES string of the molecule is Cc1noc(C)c1-c1nc(CN2CCCN(C(=O)CCC(=O)N3CCc4ccccc43)CC2)no1. The van der Waals surface area contributed by atoms with Crippen LogP contribution in [0.15, 0.2) is 33.3 Å². The topological polar surface area (TPSA) is 109 Å². The van der Waals surface area contributed by atoms with Gasteiger partial charge in [-0.3, -0.25) is 14.5 Å². The predicted molar refractivity (Wildman–Crippen MR) is 127 cm³/mol. The molecule has 184 valence electrons. The summed E-state index contributed by atoms with van der Waals surface area (Å²) >= 11 is 0. The fourth-order valence-corrected chi connectivity index (χ4v) is 4.89. The molecule has 10 heteroatoms. The highest BCUT2D eigenvalue weighted by atomic mass is 16.5. The van der Waals surface area contributed by atoms with Crippen LogP contribution in [0.4, 0.5) is 5.69 Å². The molecule has 35 heavy (non-hydrogen) atoms. The number of hydrogen-bond acceptors (Lipinski definition) is 8. The van der Waals surface area contributed by atoms with Gasteiger partial charge in [-0.1, -0.05) is 28.5 Å². The average molecular weight is 479 g/mol. The Morgan fingerprint density at radius 1 is 0.943 bits per heavy atom. The first-order chi connectivity index (χ1) is 17.0.